The van der Waals surface area contributed by atoms with Gasteiger partial charge in [0, 0.05) is 11.8 Å². The van der Waals surface area contributed by atoms with Crippen LogP contribution in [0.5, 0.6) is 0 Å². The van der Waals surface area contributed by atoms with Crippen molar-refractivity contribution in [2.75, 3.05) is 9.80 Å². The normalized spacial score (nSPS) is 30.8. The zero-order valence-corrected chi connectivity index (χ0v) is 20.7. The lowest BCUT2D eigenvalue weighted by Crippen LogP contribution is -2.41. The Labute approximate surface area is 220 Å². The van der Waals surface area contributed by atoms with Gasteiger partial charge >= 0.3 is 0 Å². The van der Waals surface area contributed by atoms with Gasteiger partial charge in [-0.3, -0.25) is 24.1 Å². The van der Waals surface area contributed by atoms with Gasteiger partial charge in [0.25, 0.3) is 0 Å². The molecule has 6 nitrogen and oxygen atoms in total. The summed E-state index contributed by atoms with van der Waals surface area (Å²) < 4.78 is 0. The topological polar surface area (TPSA) is 74.8 Å². The third-order valence-corrected chi connectivity index (χ3v) is 9.66. The number of fused-ring (bicyclic) bond motifs is 1. The average Bonchev–Trinajstić information content (AvgIpc) is 3.38. The van der Waals surface area contributed by atoms with E-state index in [0.29, 0.717) is 11.4 Å². The molecule has 6 aliphatic rings. The number of amides is 4. The van der Waals surface area contributed by atoms with Gasteiger partial charge in [0.2, 0.25) is 23.6 Å². The largest absolute Gasteiger partial charge is 0.274 e. The van der Waals surface area contributed by atoms with Crippen LogP contribution in [0.4, 0.5) is 11.4 Å². The van der Waals surface area contributed by atoms with Crippen LogP contribution in [0, 0.1) is 23.7 Å². The number of carbonyl (C=O) groups is 4. The van der Waals surface area contributed by atoms with E-state index in [1.165, 1.54) is 9.80 Å². The monoisotopic (exact) mass is 502 g/mol. The van der Waals surface area contributed by atoms with Crippen molar-refractivity contribution in [2.45, 2.75) is 37.5 Å². The first-order valence-corrected chi connectivity index (χ1v) is 13.6. The van der Waals surface area contributed by atoms with E-state index in [9.17, 15) is 19.2 Å². The number of imide groups is 2. The Morgan fingerprint density at radius 1 is 0.474 bits per heavy atom. The summed E-state index contributed by atoms with van der Waals surface area (Å²) in [5, 5.41) is 0. The maximum Gasteiger partial charge on any atom is 0.238 e. The fourth-order valence-corrected chi connectivity index (χ4v) is 8.10. The molecule has 2 bridgehead atoms. The molecule has 0 aromatic heterocycles. The molecule has 3 aromatic carbocycles. The summed E-state index contributed by atoms with van der Waals surface area (Å²) in [6.45, 7) is 0. The Bertz CT molecular complexity index is 1420. The molecule has 4 atom stereocenters. The number of hydrogen-bond acceptors (Lipinski definition) is 4. The van der Waals surface area contributed by atoms with Crippen LogP contribution in [0.3, 0.4) is 0 Å². The van der Waals surface area contributed by atoms with E-state index >= 15 is 0 Å². The molecule has 0 unspecified atom stereocenters. The van der Waals surface area contributed by atoms with Crippen molar-refractivity contribution in [2.24, 2.45) is 23.7 Å². The third-order valence-electron chi connectivity index (χ3n) is 9.66. The molecule has 0 spiro atoms. The van der Waals surface area contributed by atoms with E-state index in [4.69, 9.17) is 0 Å². The van der Waals surface area contributed by atoms with Crippen molar-refractivity contribution in [1.82, 2.24) is 0 Å². The van der Waals surface area contributed by atoms with Crippen LogP contribution in [-0.2, 0) is 19.2 Å². The van der Waals surface area contributed by atoms with Crippen LogP contribution in [0.15, 0.2) is 72.8 Å². The van der Waals surface area contributed by atoms with E-state index in [2.05, 4.69) is 24.3 Å². The quantitative estimate of drug-likeness (QED) is 0.474. The van der Waals surface area contributed by atoms with Crippen LogP contribution in [0.1, 0.15) is 59.8 Å². The Morgan fingerprint density at radius 3 is 1.18 bits per heavy atom. The molecule has 188 valence electrons. The Balaban J connectivity index is 1.16. The number of carbonyl (C=O) groups excluding carboxylic acids is 4. The standard InChI is InChI=1S/C32H26N2O4/c35-29-23-11-5-6-12-24(23)30(36)33(29)17-13-15-18(16-14-17)34-31(37)27-25-19-7-1-2-8-20(19)26(28(27)32(34)38)22-10-4-3-9-21(22)25/h1-4,7-10,13-16,23-28H,5-6,11-12H2/t23-,24+,25?,26?,27-,28-/m1/s1. The molecule has 2 aliphatic heterocycles. The first-order chi connectivity index (χ1) is 18.6. The number of rotatable bonds is 2. The van der Waals surface area contributed by atoms with Gasteiger partial charge in [-0.15, -0.1) is 0 Å². The Kier molecular flexibility index (Phi) is 4.47. The molecule has 6 heteroatoms. The molecule has 0 N–H and O–H groups in total. The molecule has 3 aromatic rings. The molecule has 38 heavy (non-hydrogen) atoms. The smallest absolute Gasteiger partial charge is 0.238 e. The van der Waals surface area contributed by atoms with Gasteiger partial charge in [-0.1, -0.05) is 61.4 Å². The number of benzene rings is 3. The predicted molar refractivity (Wildman–Crippen MR) is 140 cm³/mol. The second-order valence-electron chi connectivity index (χ2n) is 11.3. The van der Waals surface area contributed by atoms with Crippen molar-refractivity contribution < 1.29 is 19.2 Å². The molecule has 1 saturated carbocycles. The van der Waals surface area contributed by atoms with Crippen LogP contribution < -0.4 is 9.80 Å². The lowest BCUT2D eigenvalue weighted by atomic mass is 9.55. The zero-order valence-electron chi connectivity index (χ0n) is 20.7. The predicted octanol–water partition coefficient (Wildman–Crippen LogP) is 4.76. The summed E-state index contributed by atoms with van der Waals surface area (Å²) >= 11 is 0. The summed E-state index contributed by atoms with van der Waals surface area (Å²) in [5.41, 5.74) is 5.56. The minimum atomic E-state index is -0.443. The van der Waals surface area contributed by atoms with E-state index < -0.39 is 11.8 Å². The van der Waals surface area contributed by atoms with E-state index in [1.54, 1.807) is 24.3 Å². The molecular weight excluding hydrogens is 476 g/mol. The van der Waals surface area contributed by atoms with E-state index in [-0.39, 0.29) is 47.3 Å². The minimum Gasteiger partial charge on any atom is -0.274 e. The van der Waals surface area contributed by atoms with Gasteiger partial charge in [-0.25, -0.2) is 4.90 Å². The maximum absolute atomic E-state index is 14.0. The summed E-state index contributed by atoms with van der Waals surface area (Å²) in [7, 11) is 0. The molecule has 0 radical (unpaired) electrons. The van der Waals surface area contributed by atoms with Crippen molar-refractivity contribution in [3.8, 4) is 0 Å². The van der Waals surface area contributed by atoms with Crippen molar-refractivity contribution in [3.05, 3.63) is 95.1 Å². The lowest BCUT2D eigenvalue weighted by molar-refractivity contribution is -0.124. The highest BCUT2D eigenvalue weighted by Crippen LogP contribution is 2.61. The van der Waals surface area contributed by atoms with Crippen molar-refractivity contribution >= 4 is 35.0 Å². The van der Waals surface area contributed by atoms with Crippen molar-refractivity contribution in [1.29, 1.82) is 0 Å². The highest BCUT2D eigenvalue weighted by molar-refractivity contribution is 6.24. The first kappa shape index (κ1) is 22.0. The second-order valence-corrected chi connectivity index (χ2v) is 11.3. The SMILES string of the molecule is O=C1[C@H]2CCCC[C@H]2C(=O)N1c1ccc(N2C(=O)[C@@H]3C4c5ccccc5C(c5ccccc54)[C@H]3C2=O)cc1. The molecule has 4 amide bonds. The summed E-state index contributed by atoms with van der Waals surface area (Å²) in [5.74, 6) is -2.24. The van der Waals surface area contributed by atoms with Gasteiger partial charge in [0.15, 0.2) is 0 Å². The van der Waals surface area contributed by atoms with Crippen LogP contribution >= 0.6 is 0 Å². The Morgan fingerprint density at radius 2 is 0.816 bits per heavy atom. The second kappa shape index (κ2) is 7.73. The zero-order chi connectivity index (χ0) is 25.7. The highest BCUT2D eigenvalue weighted by Gasteiger charge is 2.61. The Hall–Kier alpha value is -4.06. The van der Waals surface area contributed by atoms with Gasteiger partial charge in [0.1, 0.15) is 0 Å². The first-order valence-electron chi connectivity index (χ1n) is 13.6. The van der Waals surface area contributed by atoms with Crippen molar-refractivity contribution in [3.63, 3.8) is 0 Å². The van der Waals surface area contributed by atoms with Crippen LogP contribution in [0.25, 0.3) is 0 Å². The maximum atomic E-state index is 14.0. The number of hydrogen-bond donors (Lipinski definition) is 0. The van der Waals surface area contributed by atoms with Gasteiger partial charge in [-0.05, 0) is 59.4 Å². The fourth-order valence-electron chi connectivity index (χ4n) is 8.10. The highest BCUT2D eigenvalue weighted by atomic mass is 16.2. The molecule has 4 aliphatic carbocycles. The van der Waals surface area contributed by atoms with Gasteiger partial charge < -0.3 is 0 Å². The number of nitrogens with zero attached hydrogens (tertiary/aromatic N) is 2. The van der Waals surface area contributed by atoms with E-state index in [0.717, 1.165) is 47.9 Å². The van der Waals surface area contributed by atoms with Crippen LogP contribution in [-0.4, -0.2) is 23.6 Å². The fraction of sp³-hybridized carbons (Fsp3) is 0.312. The van der Waals surface area contributed by atoms with Gasteiger partial charge in [-0.2, -0.15) is 0 Å². The third kappa shape index (κ3) is 2.67. The molecule has 3 fully saturated rings. The summed E-state index contributed by atoms with van der Waals surface area (Å²) in [4.78, 5) is 56.7. The van der Waals surface area contributed by atoms with E-state index in [1.807, 2.05) is 24.3 Å². The average molecular weight is 503 g/mol. The minimum absolute atomic E-state index is 0.126. The number of anilines is 2. The van der Waals surface area contributed by atoms with Crippen LogP contribution in [0.2, 0.25) is 0 Å². The molecule has 2 heterocycles. The molecular formula is C32H26N2O4. The van der Waals surface area contributed by atoms with Gasteiger partial charge in [0.05, 0.1) is 35.0 Å². The summed E-state index contributed by atoms with van der Waals surface area (Å²) in [6.07, 6.45) is 3.47. The molecule has 9 rings (SSSR count). The lowest BCUT2D eigenvalue weighted by Gasteiger charge is -2.45. The molecule has 2 saturated heterocycles. The summed E-state index contributed by atoms with van der Waals surface area (Å²) in [6, 6.07) is 23.2.